The van der Waals surface area contributed by atoms with Crippen LogP contribution in [0.15, 0.2) is 0 Å². The van der Waals surface area contributed by atoms with Crippen molar-refractivity contribution in [2.45, 2.75) is 61.4 Å². The molecule has 2 aliphatic rings. The summed E-state index contributed by atoms with van der Waals surface area (Å²) in [5.41, 5.74) is 0. The largest absolute Gasteiger partial charge is 0.394 e. The Labute approximate surface area is 137 Å². The van der Waals surface area contributed by atoms with E-state index in [1.807, 2.05) is 0 Å². The quantitative estimate of drug-likeness (QED) is 0.229. The van der Waals surface area contributed by atoms with Gasteiger partial charge < -0.3 is 61.2 Å². The molecule has 0 aliphatic carbocycles. The first-order chi connectivity index (χ1) is 10.8. The second-order valence-corrected chi connectivity index (χ2v) is 5.53. The van der Waals surface area contributed by atoms with Crippen LogP contribution in [0, 0.1) is 0 Å². The lowest BCUT2D eigenvalue weighted by molar-refractivity contribution is -0.355. The predicted molar refractivity (Wildman–Crippen MR) is 73.6 cm³/mol. The van der Waals surface area contributed by atoms with Crippen molar-refractivity contribution in [3.8, 4) is 0 Å². The second-order valence-electron chi connectivity index (χ2n) is 5.53. The van der Waals surface area contributed by atoms with E-state index in [9.17, 15) is 35.7 Å². The molecule has 2 heterocycles. The SMILES string of the molecule is N.OC[C@H]1O[C@@H](O[C@H]2[C@H](O)[C@@H](O)[C@H](O)O[C@@H]2CO)[C@H](O)[C@@H](O)[C@H]1O. The van der Waals surface area contributed by atoms with Gasteiger partial charge in [0.25, 0.3) is 0 Å². The van der Waals surface area contributed by atoms with E-state index in [2.05, 4.69) is 0 Å². The molecule has 12 heteroatoms. The van der Waals surface area contributed by atoms with Crippen LogP contribution in [0.4, 0.5) is 0 Å². The van der Waals surface area contributed by atoms with Gasteiger partial charge in [0.05, 0.1) is 13.2 Å². The van der Waals surface area contributed by atoms with Gasteiger partial charge >= 0.3 is 0 Å². The summed E-state index contributed by atoms with van der Waals surface area (Å²) >= 11 is 0. The summed E-state index contributed by atoms with van der Waals surface area (Å²) in [6.45, 7) is -1.35. The van der Waals surface area contributed by atoms with Crippen molar-refractivity contribution in [3.63, 3.8) is 0 Å². The zero-order valence-electron chi connectivity index (χ0n) is 12.7. The van der Waals surface area contributed by atoms with Gasteiger partial charge in [-0.2, -0.15) is 0 Å². The lowest BCUT2D eigenvalue weighted by Crippen LogP contribution is -2.64. The fourth-order valence-electron chi connectivity index (χ4n) is 2.57. The van der Waals surface area contributed by atoms with Gasteiger partial charge in [-0.1, -0.05) is 0 Å². The maximum atomic E-state index is 9.94. The Morgan fingerprint density at radius 1 is 0.667 bits per heavy atom. The van der Waals surface area contributed by atoms with Gasteiger partial charge in [0.2, 0.25) is 0 Å². The van der Waals surface area contributed by atoms with Crippen LogP contribution in [0.5, 0.6) is 0 Å². The Bertz CT molecular complexity index is 384. The lowest BCUT2D eigenvalue weighted by atomic mass is 9.97. The molecule has 12 nitrogen and oxygen atoms in total. The minimum Gasteiger partial charge on any atom is -0.394 e. The molecule has 0 amide bonds. The monoisotopic (exact) mass is 359 g/mol. The molecule has 0 saturated carbocycles. The molecule has 2 saturated heterocycles. The van der Waals surface area contributed by atoms with Gasteiger partial charge in [0.1, 0.15) is 48.8 Å². The van der Waals surface area contributed by atoms with Crippen LogP contribution < -0.4 is 6.15 Å². The molecule has 11 N–H and O–H groups in total. The molecule has 2 fully saturated rings. The van der Waals surface area contributed by atoms with Crippen LogP contribution in [0.25, 0.3) is 0 Å². The highest BCUT2D eigenvalue weighted by Crippen LogP contribution is 2.28. The van der Waals surface area contributed by atoms with Crippen molar-refractivity contribution in [3.05, 3.63) is 0 Å². The maximum Gasteiger partial charge on any atom is 0.187 e. The van der Waals surface area contributed by atoms with Gasteiger partial charge in [-0.25, -0.2) is 0 Å². The number of ether oxygens (including phenoxy) is 3. The van der Waals surface area contributed by atoms with Crippen LogP contribution in [0.3, 0.4) is 0 Å². The maximum absolute atomic E-state index is 9.94. The zero-order valence-corrected chi connectivity index (χ0v) is 12.7. The standard InChI is InChI=1S/C12H22O11.H3N/c13-1-3-5(15)6(16)9(19)12(22-3)23-10-4(2-14)21-11(20)8(18)7(10)17;/h3-20H,1-2H2;1H3/t3-,4-,5+,6+,7-,8-,9-,10-,11-,12+;/m1./s1. The number of hydrogen-bond donors (Lipinski definition) is 9. The first-order valence-electron chi connectivity index (χ1n) is 7.08. The minimum absolute atomic E-state index is 0. The van der Waals surface area contributed by atoms with Crippen LogP contribution in [-0.4, -0.2) is 115 Å². The molecule has 0 aromatic heterocycles. The Morgan fingerprint density at radius 2 is 1.25 bits per heavy atom. The van der Waals surface area contributed by atoms with Crippen molar-refractivity contribution < 1.29 is 55.1 Å². The number of aliphatic hydroxyl groups excluding tert-OH is 8. The van der Waals surface area contributed by atoms with Gasteiger partial charge in [-0.3, -0.25) is 0 Å². The Hall–Kier alpha value is -0.480. The van der Waals surface area contributed by atoms with Gasteiger partial charge in [0, 0.05) is 0 Å². The molecule has 2 aliphatic heterocycles. The van der Waals surface area contributed by atoms with E-state index in [4.69, 9.17) is 19.3 Å². The van der Waals surface area contributed by atoms with Crippen LogP contribution >= 0.6 is 0 Å². The number of hydrogen-bond acceptors (Lipinski definition) is 12. The molecule has 0 unspecified atom stereocenters. The first kappa shape index (κ1) is 21.6. The van der Waals surface area contributed by atoms with E-state index in [1.54, 1.807) is 0 Å². The number of rotatable bonds is 4. The normalized spacial score (nSPS) is 49.5. The molecule has 0 aromatic carbocycles. The van der Waals surface area contributed by atoms with Gasteiger partial charge in [-0.05, 0) is 0 Å². The van der Waals surface area contributed by atoms with Crippen molar-refractivity contribution >= 4 is 0 Å². The third-order valence-corrected chi connectivity index (χ3v) is 3.98. The third-order valence-electron chi connectivity index (χ3n) is 3.98. The Balaban J connectivity index is 0.00000288. The minimum atomic E-state index is -1.74. The summed E-state index contributed by atoms with van der Waals surface area (Å²) in [7, 11) is 0. The lowest BCUT2D eigenvalue weighted by Gasteiger charge is -2.45. The van der Waals surface area contributed by atoms with E-state index in [0.717, 1.165) is 0 Å². The fraction of sp³-hybridized carbons (Fsp3) is 1.00. The van der Waals surface area contributed by atoms with Crippen LogP contribution in [-0.2, 0) is 14.2 Å². The summed E-state index contributed by atoms with van der Waals surface area (Å²) in [5, 5.41) is 76.5. The molecule has 0 bridgehead atoms. The second kappa shape index (κ2) is 8.75. The van der Waals surface area contributed by atoms with Crippen LogP contribution in [0.1, 0.15) is 0 Å². The fourth-order valence-corrected chi connectivity index (χ4v) is 2.57. The van der Waals surface area contributed by atoms with Crippen molar-refractivity contribution in [1.82, 2.24) is 6.15 Å². The molecular weight excluding hydrogens is 334 g/mol. The summed E-state index contributed by atoms with van der Waals surface area (Å²) in [6, 6.07) is 0. The topological polar surface area (TPSA) is 225 Å². The van der Waals surface area contributed by atoms with E-state index >= 15 is 0 Å². The smallest absolute Gasteiger partial charge is 0.187 e. The van der Waals surface area contributed by atoms with E-state index < -0.39 is 74.6 Å². The highest BCUT2D eigenvalue weighted by atomic mass is 16.7. The Morgan fingerprint density at radius 3 is 1.79 bits per heavy atom. The van der Waals surface area contributed by atoms with Crippen molar-refractivity contribution in [2.24, 2.45) is 0 Å². The van der Waals surface area contributed by atoms with Crippen LogP contribution in [0.2, 0.25) is 0 Å². The van der Waals surface area contributed by atoms with E-state index in [0.29, 0.717) is 0 Å². The zero-order chi connectivity index (χ0) is 17.3. The average Bonchev–Trinajstić information content (AvgIpc) is 2.55. The molecule has 24 heavy (non-hydrogen) atoms. The molecular formula is C12H25NO11. The molecule has 0 aromatic rings. The molecule has 0 radical (unpaired) electrons. The Kier molecular flexibility index (Phi) is 7.86. The first-order valence-corrected chi connectivity index (χ1v) is 7.08. The van der Waals surface area contributed by atoms with E-state index in [1.165, 1.54) is 0 Å². The summed E-state index contributed by atoms with van der Waals surface area (Å²) in [5.74, 6) is 0. The van der Waals surface area contributed by atoms with Crippen molar-refractivity contribution in [2.75, 3.05) is 13.2 Å². The van der Waals surface area contributed by atoms with Gasteiger partial charge in [-0.15, -0.1) is 0 Å². The van der Waals surface area contributed by atoms with Crippen molar-refractivity contribution in [1.29, 1.82) is 0 Å². The number of aliphatic hydroxyl groups is 8. The molecule has 144 valence electrons. The third kappa shape index (κ3) is 4.01. The predicted octanol–water partition coefficient (Wildman–Crippen LogP) is -5.24. The molecule has 0 spiro atoms. The highest BCUT2D eigenvalue weighted by Gasteiger charge is 2.50. The molecule has 2 rings (SSSR count). The highest BCUT2D eigenvalue weighted by molar-refractivity contribution is 4.93. The average molecular weight is 359 g/mol. The summed E-state index contributed by atoms with van der Waals surface area (Å²) < 4.78 is 15.3. The summed E-state index contributed by atoms with van der Waals surface area (Å²) in [4.78, 5) is 0. The molecule has 10 atom stereocenters. The van der Waals surface area contributed by atoms with Gasteiger partial charge in [0.15, 0.2) is 12.6 Å². The summed E-state index contributed by atoms with van der Waals surface area (Å²) in [6.07, 6.45) is -15.6. The van der Waals surface area contributed by atoms with E-state index in [-0.39, 0.29) is 6.15 Å².